The fourth-order valence-electron chi connectivity index (χ4n) is 2.63. The van der Waals surface area contributed by atoms with E-state index in [1.807, 2.05) is 13.0 Å². The van der Waals surface area contributed by atoms with Crippen LogP contribution in [0, 0.1) is 5.82 Å². The fraction of sp³-hybridized carbons (Fsp3) is 0.150. The Bertz CT molecular complexity index is 1030. The summed E-state index contributed by atoms with van der Waals surface area (Å²) in [6.07, 6.45) is 1.41. The number of halogens is 1. The van der Waals surface area contributed by atoms with E-state index in [4.69, 9.17) is 14.4 Å². The van der Waals surface area contributed by atoms with Gasteiger partial charge in [0.25, 0.3) is 5.88 Å². The van der Waals surface area contributed by atoms with Crippen LogP contribution in [0.3, 0.4) is 0 Å². The van der Waals surface area contributed by atoms with Crippen molar-refractivity contribution in [3.05, 3.63) is 77.9 Å². The van der Waals surface area contributed by atoms with Crippen molar-refractivity contribution in [3.8, 4) is 5.88 Å². The normalized spacial score (nSPS) is 12.8. The van der Waals surface area contributed by atoms with Crippen LogP contribution < -0.4 is 14.7 Å². The van der Waals surface area contributed by atoms with Gasteiger partial charge in [0.15, 0.2) is 5.78 Å². The Kier molecular flexibility index (Phi) is 5.21. The molecule has 9 heteroatoms. The lowest BCUT2D eigenvalue weighted by Crippen LogP contribution is -2.31. The first-order valence-electron chi connectivity index (χ1n) is 8.90. The maximum atomic E-state index is 13.3. The van der Waals surface area contributed by atoms with Gasteiger partial charge in [0.2, 0.25) is 11.7 Å². The van der Waals surface area contributed by atoms with Crippen LogP contribution in [0.15, 0.2) is 66.0 Å². The molecule has 3 aromatic rings. The summed E-state index contributed by atoms with van der Waals surface area (Å²) < 4.78 is 20.4. The van der Waals surface area contributed by atoms with E-state index in [0.29, 0.717) is 17.7 Å². The molecule has 0 saturated heterocycles. The van der Waals surface area contributed by atoms with Gasteiger partial charge >= 0.3 is 0 Å². The average molecular weight is 396 g/mol. The van der Waals surface area contributed by atoms with Gasteiger partial charge in [0.05, 0.1) is 0 Å². The van der Waals surface area contributed by atoms with Crippen LogP contribution in [0.25, 0.3) is 0 Å². The molecule has 0 aliphatic carbocycles. The molecule has 0 radical (unpaired) electrons. The monoisotopic (exact) mass is 396 g/mol. The van der Waals surface area contributed by atoms with E-state index >= 15 is 0 Å². The summed E-state index contributed by atoms with van der Waals surface area (Å²) in [7, 11) is 0. The van der Waals surface area contributed by atoms with Crippen molar-refractivity contribution in [2.45, 2.75) is 6.92 Å². The summed E-state index contributed by atoms with van der Waals surface area (Å²) in [6.45, 7) is 1.94. The summed E-state index contributed by atoms with van der Waals surface area (Å²) >= 11 is 0. The molecule has 0 atom stereocenters. The van der Waals surface area contributed by atoms with Crippen LogP contribution in [0.5, 0.6) is 5.88 Å². The quantitative estimate of drug-likeness (QED) is 0.572. The van der Waals surface area contributed by atoms with Gasteiger partial charge in [-0.25, -0.2) is 14.2 Å². The molecule has 1 aliphatic rings. The number of rotatable bonds is 7. The van der Waals surface area contributed by atoms with E-state index < -0.39 is 0 Å². The molecule has 0 spiro atoms. The Morgan fingerprint density at radius 3 is 2.59 bits per heavy atom. The molecule has 29 heavy (non-hydrogen) atoms. The van der Waals surface area contributed by atoms with E-state index in [2.05, 4.69) is 10.1 Å². The fourth-order valence-corrected chi connectivity index (χ4v) is 2.63. The number of ether oxygens (including phenoxy) is 1. The zero-order valence-electron chi connectivity index (χ0n) is 15.5. The van der Waals surface area contributed by atoms with Crippen molar-refractivity contribution in [1.29, 1.82) is 0 Å². The summed E-state index contributed by atoms with van der Waals surface area (Å²) in [6, 6.07) is 14.4. The van der Waals surface area contributed by atoms with Crippen LogP contribution in [0.2, 0.25) is 0 Å². The first-order chi connectivity index (χ1) is 14.2. The molecular weight excluding hydrogens is 379 g/mol. The minimum absolute atomic E-state index is 0.145. The molecule has 0 amide bonds. The van der Waals surface area contributed by atoms with Crippen molar-refractivity contribution < 1.29 is 23.6 Å². The molecular formula is C20H17FN4O4. The standard InChI is InChI=1S/C20H17FN4O4/c1-2-27-24-13-22-18-20(24)29-19(15-8-10-16(21)11-9-15)23-25(18)28-12-17(26)14-6-4-3-5-7-14/h3-11,13H,2,12H2,1H3. The van der Waals surface area contributed by atoms with Crippen molar-refractivity contribution in [2.75, 3.05) is 18.4 Å². The highest BCUT2D eigenvalue weighted by Gasteiger charge is 2.29. The van der Waals surface area contributed by atoms with Crippen LogP contribution in [0.1, 0.15) is 22.8 Å². The first-order valence-corrected chi connectivity index (χ1v) is 8.90. The zero-order valence-corrected chi connectivity index (χ0v) is 15.5. The third-order valence-electron chi connectivity index (χ3n) is 4.01. The van der Waals surface area contributed by atoms with Crippen LogP contribution in [0.4, 0.5) is 10.2 Å². The maximum absolute atomic E-state index is 13.3. The van der Waals surface area contributed by atoms with Crippen LogP contribution >= 0.6 is 0 Å². The van der Waals surface area contributed by atoms with Crippen molar-refractivity contribution >= 4 is 17.5 Å². The summed E-state index contributed by atoms with van der Waals surface area (Å²) in [5.41, 5.74) is 1.04. The molecule has 1 aromatic heterocycles. The Labute approximate surface area is 165 Å². The van der Waals surface area contributed by atoms with Crippen LogP contribution in [-0.2, 0) is 4.84 Å². The molecule has 0 fully saturated rings. The molecule has 4 rings (SSSR count). The van der Waals surface area contributed by atoms with E-state index in [0.717, 1.165) is 5.17 Å². The molecule has 0 bridgehead atoms. The molecule has 8 nitrogen and oxygen atoms in total. The molecule has 1 aliphatic heterocycles. The minimum Gasteiger partial charge on any atom is -0.414 e. The number of ketones is 1. The number of Topliss-reactive ketones (excluding diaryl/α,β-unsaturated/α-hetero) is 1. The number of imidazole rings is 1. The number of aromatic nitrogens is 2. The van der Waals surface area contributed by atoms with Gasteiger partial charge in [-0.2, -0.15) is 0 Å². The third-order valence-corrected chi connectivity index (χ3v) is 4.01. The largest absolute Gasteiger partial charge is 0.414 e. The number of hydrazone groups is 1. The third kappa shape index (κ3) is 3.94. The lowest BCUT2D eigenvalue weighted by atomic mass is 10.1. The predicted octanol–water partition coefficient (Wildman–Crippen LogP) is 2.85. The van der Waals surface area contributed by atoms with Gasteiger partial charge < -0.3 is 9.57 Å². The zero-order chi connectivity index (χ0) is 20.2. The summed E-state index contributed by atoms with van der Waals surface area (Å²) in [4.78, 5) is 27.6. The molecule has 0 saturated carbocycles. The lowest BCUT2D eigenvalue weighted by molar-refractivity contribution is 0.0666. The van der Waals surface area contributed by atoms with Gasteiger partial charge in [0.1, 0.15) is 25.4 Å². The van der Waals surface area contributed by atoms with E-state index in [1.165, 1.54) is 35.3 Å². The molecule has 0 unspecified atom stereocenters. The lowest BCUT2D eigenvalue weighted by Gasteiger charge is -2.23. The Morgan fingerprint density at radius 1 is 1.10 bits per heavy atom. The number of fused-ring (bicyclic) bond motifs is 1. The number of carbonyl (C=O) groups excluding carboxylic acids is 1. The predicted molar refractivity (Wildman–Crippen MR) is 102 cm³/mol. The number of anilines is 1. The highest BCUT2D eigenvalue weighted by molar-refractivity contribution is 5.98. The molecule has 0 N–H and O–H groups in total. The Morgan fingerprint density at radius 2 is 1.86 bits per heavy atom. The van der Waals surface area contributed by atoms with Gasteiger partial charge in [-0.15, -0.1) is 15.0 Å². The van der Waals surface area contributed by atoms with Crippen LogP contribution in [-0.4, -0.2) is 34.6 Å². The second-order valence-corrected chi connectivity index (χ2v) is 5.97. The van der Waals surface area contributed by atoms with Gasteiger partial charge in [-0.05, 0) is 31.2 Å². The number of carbonyl (C=O) groups is 1. The topological polar surface area (TPSA) is 78.2 Å². The van der Waals surface area contributed by atoms with E-state index in [-0.39, 0.29) is 35.8 Å². The van der Waals surface area contributed by atoms with E-state index in [1.54, 1.807) is 24.3 Å². The number of hydrogen-bond donors (Lipinski definition) is 0. The van der Waals surface area contributed by atoms with Gasteiger partial charge in [-0.3, -0.25) is 4.79 Å². The Hall–Kier alpha value is -3.72. The molecule has 2 heterocycles. The summed E-state index contributed by atoms with van der Waals surface area (Å²) in [5, 5.41) is 5.37. The Balaban J connectivity index is 1.61. The van der Waals surface area contributed by atoms with E-state index in [9.17, 15) is 9.18 Å². The number of hydrogen-bond acceptors (Lipinski definition) is 7. The highest BCUT2D eigenvalue weighted by Crippen LogP contribution is 2.31. The number of nitrogens with zero attached hydrogens (tertiary/aromatic N) is 4. The molecule has 2 aromatic carbocycles. The highest BCUT2D eigenvalue weighted by atomic mass is 19.1. The second-order valence-electron chi connectivity index (χ2n) is 5.97. The molecule has 148 valence electrons. The second kappa shape index (κ2) is 8.11. The smallest absolute Gasteiger partial charge is 0.284 e. The SMILES string of the molecule is CCOn1cnc2c1OC(c1ccc(F)cc1)=NN2OCC(=O)c1ccccc1. The first kappa shape index (κ1) is 18.6. The van der Waals surface area contributed by atoms with Gasteiger partial charge in [-0.1, -0.05) is 30.3 Å². The van der Waals surface area contributed by atoms with Gasteiger partial charge in [0, 0.05) is 11.1 Å². The van der Waals surface area contributed by atoms with Crippen molar-refractivity contribution in [2.24, 2.45) is 5.10 Å². The average Bonchev–Trinajstić information content (AvgIpc) is 3.16. The van der Waals surface area contributed by atoms with Crippen molar-refractivity contribution in [1.82, 2.24) is 9.71 Å². The number of benzene rings is 2. The minimum atomic E-state index is -0.383. The summed E-state index contributed by atoms with van der Waals surface area (Å²) in [5.74, 6) is -0.00203. The maximum Gasteiger partial charge on any atom is 0.284 e. The van der Waals surface area contributed by atoms with Crippen molar-refractivity contribution in [3.63, 3.8) is 0 Å².